The maximum absolute atomic E-state index is 12.4. The monoisotopic (exact) mass is 317 g/mol. The number of pyridine rings is 1. The summed E-state index contributed by atoms with van der Waals surface area (Å²) in [4.78, 5) is 21.6. The molecule has 3 heterocycles. The average Bonchev–Trinajstić information content (AvgIpc) is 3.13. The van der Waals surface area contributed by atoms with Crippen molar-refractivity contribution in [1.29, 1.82) is 0 Å². The van der Waals surface area contributed by atoms with Gasteiger partial charge in [0, 0.05) is 31.1 Å². The van der Waals surface area contributed by atoms with Crippen LogP contribution in [0.4, 0.5) is 0 Å². The number of aryl methyl sites for hydroxylation is 1. The third-order valence-electron chi connectivity index (χ3n) is 3.83. The van der Waals surface area contributed by atoms with Gasteiger partial charge in [-0.2, -0.15) is 0 Å². The van der Waals surface area contributed by atoms with Crippen molar-refractivity contribution in [3.05, 3.63) is 35.1 Å². The normalized spacial score (nSPS) is 21.0. The minimum atomic E-state index is -0.236. The van der Waals surface area contributed by atoms with Crippen molar-refractivity contribution >= 4 is 17.2 Å². The molecule has 2 aromatic heterocycles. The highest BCUT2D eigenvalue weighted by Crippen LogP contribution is 2.28. The predicted molar refractivity (Wildman–Crippen MR) is 86.0 cm³/mol. The first-order valence-electron chi connectivity index (χ1n) is 7.37. The highest BCUT2D eigenvalue weighted by atomic mass is 32.1. The van der Waals surface area contributed by atoms with Crippen LogP contribution in [-0.4, -0.2) is 34.6 Å². The number of nitrogens with one attached hydrogen (secondary N) is 1. The fourth-order valence-corrected chi connectivity index (χ4v) is 3.52. The number of aromatic nitrogens is 2. The molecular formula is C16H19N3O2S. The quantitative estimate of drug-likeness (QED) is 0.942. The van der Waals surface area contributed by atoms with E-state index in [1.807, 2.05) is 26.0 Å². The molecule has 6 heteroatoms. The molecule has 0 bridgehead atoms. The zero-order valence-electron chi connectivity index (χ0n) is 12.8. The lowest BCUT2D eigenvalue weighted by Gasteiger charge is -2.23. The maximum atomic E-state index is 12.4. The fraction of sp³-hybridized carbons (Fsp3) is 0.438. The second-order valence-electron chi connectivity index (χ2n) is 5.76. The summed E-state index contributed by atoms with van der Waals surface area (Å²) < 4.78 is 5.70. The number of hydrogen-bond donors (Lipinski definition) is 1. The molecule has 1 aliphatic heterocycles. The molecule has 0 aliphatic carbocycles. The molecule has 22 heavy (non-hydrogen) atoms. The lowest BCUT2D eigenvalue weighted by molar-refractivity contribution is 0.0206. The number of rotatable bonds is 4. The van der Waals surface area contributed by atoms with E-state index < -0.39 is 0 Å². The molecule has 1 unspecified atom stereocenters. The summed E-state index contributed by atoms with van der Waals surface area (Å²) in [5, 5.41) is 3.80. The van der Waals surface area contributed by atoms with Crippen molar-refractivity contribution in [2.75, 3.05) is 13.2 Å². The van der Waals surface area contributed by atoms with Crippen LogP contribution >= 0.6 is 11.3 Å². The predicted octanol–water partition coefficient (Wildman–Crippen LogP) is 2.81. The Morgan fingerprint density at radius 3 is 3.09 bits per heavy atom. The molecular weight excluding hydrogens is 298 g/mol. The van der Waals surface area contributed by atoms with Crippen LogP contribution in [0.3, 0.4) is 0 Å². The molecule has 2 aromatic rings. The van der Waals surface area contributed by atoms with Crippen LogP contribution in [0.2, 0.25) is 0 Å². The average molecular weight is 317 g/mol. The van der Waals surface area contributed by atoms with Gasteiger partial charge in [-0.3, -0.25) is 9.78 Å². The number of nitrogens with zero attached hydrogens (tertiary/aromatic N) is 2. The smallest absolute Gasteiger partial charge is 0.263 e. The largest absolute Gasteiger partial charge is 0.373 e. The van der Waals surface area contributed by atoms with Crippen LogP contribution in [0.1, 0.15) is 35.1 Å². The van der Waals surface area contributed by atoms with E-state index in [4.69, 9.17) is 4.74 Å². The molecule has 0 spiro atoms. The minimum absolute atomic E-state index is 0.0816. The van der Waals surface area contributed by atoms with E-state index in [1.54, 1.807) is 12.4 Å². The Bertz CT molecular complexity index is 663. The van der Waals surface area contributed by atoms with E-state index in [9.17, 15) is 4.79 Å². The minimum Gasteiger partial charge on any atom is -0.373 e. The van der Waals surface area contributed by atoms with Gasteiger partial charge in [0.25, 0.3) is 5.91 Å². The van der Waals surface area contributed by atoms with Gasteiger partial charge in [-0.05, 0) is 38.8 Å². The van der Waals surface area contributed by atoms with Crippen LogP contribution in [0.5, 0.6) is 0 Å². The Morgan fingerprint density at radius 2 is 2.41 bits per heavy atom. The summed E-state index contributed by atoms with van der Waals surface area (Å²) in [6.07, 6.45) is 5.51. The third-order valence-corrected chi connectivity index (χ3v) is 5.04. The number of ether oxygens (including phenoxy) is 1. The summed E-state index contributed by atoms with van der Waals surface area (Å²) in [6, 6.07) is 3.81. The van der Waals surface area contributed by atoms with E-state index >= 15 is 0 Å². The number of thiazole rings is 1. The van der Waals surface area contributed by atoms with Crippen LogP contribution in [-0.2, 0) is 4.74 Å². The summed E-state index contributed by atoms with van der Waals surface area (Å²) in [7, 11) is 0. The van der Waals surface area contributed by atoms with Crippen molar-refractivity contribution < 1.29 is 9.53 Å². The van der Waals surface area contributed by atoms with Crippen LogP contribution in [0, 0.1) is 6.92 Å². The van der Waals surface area contributed by atoms with E-state index in [0.717, 1.165) is 35.7 Å². The van der Waals surface area contributed by atoms with Crippen molar-refractivity contribution in [3.63, 3.8) is 0 Å². The van der Waals surface area contributed by atoms with Crippen LogP contribution in [0.15, 0.2) is 24.5 Å². The Kier molecular flexibility index (Phi) is 4.22. The second-order valence-corrected chi connectivity index (χ2v) is 6.76. The highest BCUT2D eigenvalue weighted by molar-refractivity contribution is 7.17. The van der Waals surface area contributed by atoms with Crippen LogP contribution < -0.4 is 5.32 Å². The topological polar surface area (TPSA) is 64.1 Å². The highest BCUT2D eigenvalue weighted by Gasteiger charge is 2.30. The lowest BCUT2D eigenvalue weighted by Crippen LogP contribution is -2.40. The van der Waals surface area contributed by atoms with E-state index in [2.05, 4.69) is 15.3 Å². The van der Waals surface area contributed by atoms with Gasteiger partial charge in [0.2, 0.25) is 0 Å². The molecule has 3 rings (SSSR count). The zero-order chi connectivity index (χ0) is 15.6. The van der Waals surface area contributed by atoms with Crippen molar-refractivity contribution in [3.8, 4) is 10.6 Å². The first-order valence-corrected chi connectivity index (χ1v) is 8.19. The van der Waals surface area contributed by atoms with Gasteiger partial charge in [0.05, 0.1) is 11.3 Å². The van der Waals surface area contributed by atoms with Gasteiger partial charge < -0.3 is 10.1 Å². The Morgan fingerprint density at radius 1 is 1.55 bits per heavy atom. The molecule has 0 aromatic carbocycles. The molecule has 1 fully saturated rings. The second kappa shape index (κ2) is 6.14. The van der Waals surface area contributed by atoms with Crippen molar-refractivity contribution in [2.45, 2.75) is 32.3 Å². The molecule has 1 N–H and O–H groups in total. The van der Waals surface area contributed by atoms with Gasteiger partial charge in [0.15, 0.2) is 0 Å². The SMILES string of the molecule is Cc1nc(-c2cccnc2)sc1C(=O)NCC1(C)CCCO1. The van der Waals surface area contributed by atoms with E-state index in [0.29, 0.717) is 11.4 Å². The molecule has 116 valence electrons. The van der Waals surface area contributed by atoms with Gasteiger partial charge in [0.1, 0.15) is 9.88 Å². The molecule has 1 atom stereocenters. The Balaban J connectivity index is 1.72. The summed E-state index contributed by atoms with van der Waals surface area (Å²) in [5.41, 5.74) is 1.44. The van der Waals surface area contributed by atoms with Crippen LogP contribution in [0.25, 0.3) is 10.6 Å². The fourth-order valence-electron chi connectivity index (χ4n) is 2.54. The van der Waals surface area contributed by atoms with E-state index in [-0.39, 0.29) is 11.5 Å². The summed E-state index contributed by atoms with van der Waals surface area (Å²) in [5.74, 6) is -0.0816. The van der Waals surface area contributed by atoms with Gasteiger partial charge >= 0.3 is 0 Å². The molecule has 1 saturated heterocycles. The summed E-state index contributed by atoms with van der Waals surface area (Å²) in [6.45, 7) is 5.21. The molecule has 5 nitrogen and oxygen atoms in total. The Hall–Kier alpha value is -1.79. The first-order chi connectivity index (χ1) is 10.6. The maximum Gasteiger partial charge on any atom is 0.263 e. The number of carbonyl (C=O) groups excluding carboxylic acids is 1. The zero-order valence-corrected chi connectivity index (χ0v) is 13.6. The number of carbonyl (C=O) groups is 1. The third kappa shape index (κ3) is 3.18. The standard InChI is InChI=1S/C16H19N3O2S/c1-11-13(14(20)18-10-16(2)6-4-8-21-16)22-15(19-11)12-5-3-7-17-9-12/h3,5,7,9H,4,6,8,10H2,1-2H3,(H,18,20). The van der Waals surface area contributed by atoms with Crippen molar-refractivity contribution in [1.82, 2.24) is 15.3 Å². The lowest BCUT2D eigenvalue weighted by atomic mass is 10.0. The molecule has 1 amide bonds. The molecule has 0 saturated carbocycles. The van der Waals surface area contributed by atoms with Gasteiger partial charge in [-0.25, -0.2) is 4.98 Å². The number of hydrogen-bond acceptors (Lipinski definition) is 5. The molecule has 1 aliphatic rings. The Labute approximate surface area is 133 Å². The van der Waals surface area contributed by atoms with E-state index in [1.165, 1.54) is 11.3 Å². The molecule has 0 radical (unpaired) electrons. The summed E-state index contributed by atoms with van der Waals surface area (Å²) >= 11 is 1.40. The van der Waals surface area contributed by atoms with Gasteiger partial charge in [-0.15, -0.1) is 11.3 Å². The van der Waals surface area contributed by atoms with Crippen molar-refractivity contribution in [2.24, 2.45) is 0 Å². The van der Waals surface area contributed by atoms with Gasteiger partial charge in [-0.1, -0.05) is 0 Å². The number of amides is 1. The first kappa shape index (κ1) is 15.1.